The van der Waals surface area contributed by atoms with Gasteiger partial charge in [0.05, 0.1) is 0 Å². The third-order valence-corrected chi connectivity index (χ3v) is 2.19. The van der Waals surface area contributed by atoms with E-state index in [9.17, 15) is 4.79 Å². The molecule has 0 amide bonds. The molecule has 72 valence electrons. The average molecular weight is 196 g/mol. The summed E-state index contributed by atoms with van der Waals surface area (Å²) in [4.78, 5) is 10.8. The summed E-state index contributed by atoms with van der Waals surface area (Å²) >= 11 is 0. The Morgan fingerprint density at radius 3 is 2.25 bits per heavy atom. The van der Waals surface area contributed by atoms with Gasteiger partial charge in [0.15, 0.2) is 5.60 Å². The molecule has 0 radical (unpaired) electrons. The number of methoxy groups -OCH3 is 1. The van der Waals surface area contributed by atoms with Gasteiger partial charge in [-0.25, -0.2) is 4.79 Å². The summed E-state index contributed by atoms with van der Waals surface area (Å²) in [6, 6.07) is 0. The minimum Gasteiger partial charge on any atom is -0.479 e. The summed E-state index contributed by atoms with van der Waals surface area (Å²) in [6.07, 6.45) is 1.11. The lowest BCUT2D eigenvalue weighted by molar-refractivity contribution is -0.165. The van der Waals surface area contributed by atoms with Crippen molar-refractivity contribution in [1.82, 2.24) is 5.32 Å². The van der Waals surface area contributed by atoms with Crippen molar-refractivity contribution in [2.24, 2.45) is 0 Å². The molecule has 1 saturated heterocycles. The van der Waals surface area contributed by atoms with Crippen LogP contribution in [0.2, 0.25) is 0 Å². The number of nitrogens with one attached hydrogen (secondary N) is 1. The number of carbonyl (C=O) groups is 1. The largest absolute Gasteiger partial charge is 0.479 e. The third kappa shape index (κ3) is 2.09. The third-order valence-electron chi connectivity index (χ3n) is 2.19. The second-order valence-corrected chi connectivity index (χ2v) is 2.75. The number of carboxylic acids is 1. The molecule has 12 heavy (non-hydrogen) atoms. The Morgan fingerprint density at radius 2 is 2.00 bits per heavy atom. The zero-order chi connectivity index (χ0) is 8.32. The summed E-state index contributed by atoms with van der Waals surface area (Å²) < 4.78 is 5.00. The number of carboxylic acid groups (broad SMARTS) is 1. The molecule has 0 unspecified atom stereocenters. The van der Waals surface area contributed by atoms with Crippen LogP contribution in [0.25, 0.3) is 0 Å². The highest BCUT2D eigenvalue weighted by atomic mass is 35.5. The Kier molecular flexibility index (Phi) is 4.52. The van der Waals surface area contributed by atoms with E-state index in [0.717, 1.165) is 13.1 Å². The monoisotopic (exact) mass is 195 g/mol. The molecule has 0 aromatic carbocycles. The number of hydrogen-bond donors (Lipinski definition) is 2. The molecule has 0 saturated carbocycles. The van der Waals surface area contributed by atoms with E-state index in [2.05, 4.69) is 5.32 Å². The zero-order valence-electron chi connectivity index (χ0n) is 7.00. The highest BCUT2D eigenvalue weighted by Gasteiger charge is 2.39. The van der Waals surface area contributed by atoms with Crippen LogP contribution in [0.15, 0.2) is 0 Å². The van der Waals surface area contributed by atoms with Crippen molar-refractivity contribution in [3.8, 4) is 0 Å². The Balaban J connectivity index is 0.00000121. The maximum Gasteiger partial charge on any atom is 0.336 e. The highest BCUT2D eigenvalue weighted by Crippen LogP contribution is 2.21. The molecule has 1 heterocycles. The van der Waals surface area contributed by atoms with Gasteiger partial charge in [-0.3, -0.25) is 0 Å². The van der Waals surface area contributed by atoms with Crippen LogP contribution in [-0.4, -0.2) is 36.9 Å². The van der Waals surface area contributed by atoms with E-state index in [1.165, 1.54) is 7.11 Å². The van der Waals surface area contributed by atoms with Gasteiger partial charge in [-0.2, -0.15) is 0 Å². The quantitative estimate of drug-likeness (QED) is 0.664. The standard InChI is InChI=1S/C7H13NO3.ClH/c1-11-7(6(9)10)2-4-8-5-3-7;/h8H,2-5H2,1H3,(H,9,10);1H. The first kappa shape index (κ1) is 11.7. The van der Waals surface area contributed by atoms with E-state index in [1.54, 1.807) is 0 Å². The maximum absolute atomic E-state index is 10.8. The molecule has 0 aromatic heterocycles. The number of hydrogen-bond acceptors (Lipinski definition) is 3. The van der Waals surface area contributed by atoms with Crippen LogP contribution in [0, 0.1) is 0 Å². The fraction of sp³-hybridized carbons (Fsp3) is 0.857. The van der Waals surface area contributed by atoms with Crippen LogP contribution in [0.4, 0.5) is 0 Å². The summed E-state index contributed by atoms with van der Waals surface area (Å²) in [6.45, 7) is 1.44. The fourth-order valence-electron chi connectivity index (χ4n) is 1.34. The van der Waals surface area contributed by atoms with Crippen molar-refractivity contribution in [2.45, 2.75) is 18.4 Å². The molecule has 2 N–H and O–H groups in total. The van der Waals surface area contributed by atoms with Gasteiger partial charge in [-0.05, 0) is 25.9 Å². The second kappa shape index (κ2) is 4.64. The molecular weight excluding hydrogens is 182 g/mol. The van der Waals surface area contributed by atoms with Gasteiger partial charge in [-0.15, -0.1) is 12.4 Å². The predicted octanol–water partition coefficient (Wildman–Crippen LogP) is 0.261. The maximum atomic E-state index is 10.8. The molecule has 4 nitrogen and oxygen atoms in total. The van der Waals surface area contributed by atoms with Crippen molar-refractivity contribution in [3.05, 3.63) is 0 Å². The topological polar surface area (TPSA) is 58.6 Å². The van der Waals surface area contributed by atoms with Crippen LogP contribution in [0.3, 0.4) is 0 Å². The lowest BCUT2D eigenvalue weighted by Gasteiger charge is -2.31. The molecule has 1 aliphatic heterocycles. The Bertz CT molecular complexity index is 157. The molecule has 0 bridgehead atoms. The molecule has 1 rings (SSSR count). The van der Waals surface area contributed by atoms with E-state index in [0.29, 0.717) is 12.8 Å². The van der Waals surface area contributed by atoms with Gasteiger partial charge in [0, 0.05) is 7.11 Å². The van der Waals surface area contributed by atoms with Crippen molar-refractivity contribution in [2.75, 3.05) is 20.2 Å². The van der Waals surface area contributed by atoms with E-state index in [4.69, 9.17) is 9.84 Å². The first-order chi connectivity index (χ1) is 5.21. The molecule has 1 aliphatic rings. The van der Waals surface area contributed by atoms with Crippen molar-refractivity contribution >= 4 is 18.4 Å². The van der Waals surface area contributed by atoms with Gasteiger partial charge in [0.2, 0.25) is 0 Å². The van der Waals surface area contributed by atoms with Crippen LogP contribution in [0.1, 0.15) is 12.8 Å². The van der Waals surface area contributed by atoms with Gasteiger partial charge in [0.25, 0.3) is 0 Å². The zero-order valence-corrected chi connectivity index (χ0v) is 7.82. The van der Waals surface area contributed by atoms with E-state index < -0.39 is 11.6 Å². The average Bonchev–Trinajstić information content (AvgIpc) is 2.05. The van der Waals surface area contributed by atoms with Gasteiger partial charge < -0.3 is 15.2 Å². The summed E-state index contributed by atoms with van der Waals surface area (Å²) in [5.74, 6) is -0.846. The molecular formula is C7H14ClNO3. The lowest BCUT2D eigenvalue weighted by atomic mass is 9.92. The fourth-order valence-corrected chi connectivity index (χ4v) is 1.34. The predicted molar refractivity (Wildman–Crippen MR) is 46.7 cm³/mol. The van der Waals surface area contributed by atoms with Crippen molar-refractivity contribution in [3.63, 3.8) is 0 Å². The van der Waals surface area contributed by atoms with Crippen LogP contribution < -0.4 is 5.32 Å². The Morgan fingerprint density at radius 1 is 1.50 bits per heavy atom. The summed E-state index contributed by atoms with van der Waals surface area (Å²) in [5.41, 5.74) is -0.925. The van der Waals surface area contributed by atoms with Gasteiger partial charge in [-0.1, -0.05) is 0 Å². The molecule has 0 spiro atoms. The summed E-state index contributed by atoms with van der Waals surface area (Å²) in [7, 11) is 1.46. The molecule has 0 aromatic rings. The van der Waals surface area contributed by atoms with Gasteiger partial charge >= 0.3 is 5.97 Å². The van der Waals surface area contributed by atoms with E-state index >= 15 is 0 Å². The van der Waals surface area contributed by atoms with E-state index in [-0.39, 0.29) is 12.4 Å². The minimum absolute atomic E-state index is 0. The highest BCUT2D eigenvalue weighted by molar-refractivity contribution is 5.85. The second-order valence-electron chi connectivity index (χ2n) is 2.75. The number of ether oxygens (including phenoxy) is 1. The first-order valence-corrected chi connectivity index (χ1v) is 3.70. The van der Waals surface area contributed by atoms with Crippen LogP contribution in [-0.2, 0) is 9.53 Å². The SMILES string of the molecule is COC1(C(=O)O)CCNCC1.Cl. The molecule has 0 aliphatic carbocycles. The molecule has 5 heteroatoms. The Labute approximate surface area is 77.7 Å². The molecule has 1 fully saturated rings. The van der Waals surface area contributed by atoms with Crippen molar-refractivity contribution in [1.29, 1.82) is 0 Å². The lowest BCUT2D eigenvalue weighted by Crippen LogP contribution is -2.49. The van der Waals surface area contributed by atoms with Crippen LogP contribution in [0.5, 0.6) is 0 Å². The first-order valence-electron chi connectivity index (χ1n) is 3.70. The number of piperidine rings is 1. The number of halogens is 1. The number of rotatable bonds is 2. The normalized spacial score (nSPS) is 21.1. The molecule has 0 atom stereocenters. The smallest absolute Gasteiger partial charge is 0.336 e. The summed E-state index contributed by atoms with van der Waals surface area (Å²) in [5, 5.41) is 11.9. The van der Waals surface area contributed by atoms with E-state index in [1.807, 2.05) is 0 Å². The Hall–Kier alpha value is -0.320. The van der Waals surface area contributed by atoms with Crippen LogP contribution >= 0.6 is 12.4 Å². The number of aliphatic carboxylic acids is 1. The van der Waals surface area contributed by atoms with Gasteiger partial charge in [0.1, 0.15) is 0 Å². The minimum atomic E-state index is -0.925. The van der Waals surface area contributed by atoms with Crippen molar-refractivity contribution < 1.29 is 14.6 Å².